The molecule has 3 heterocycles. The van der Waals surface area contributed by atoms with Crippen molar-refractivity contribution in [2.45, 2.75) is 5.16 Å². The third-order valence-corrected chi connectivity index (χ3v) is 6.33. The van der Waals surface area contributed by atoms with Gasteiger partial charge in [0.15, 0.2) is 10.7 Å². The first-order valence-corrected chi connectivity index (χ1v) is 10.7. The van der Waals surface area contributed by atoms with E-state index in [0.717, 1.165) is 9.86 Å². The second kappa shape index (κ2) is 6.68. The first-order valence-electron chi connectivity index (χ1n) is 8.17. The van der Waals surface area contributed by atoms with Crippen LogP contribution in [0.2, 0.25) is 0 Å². The number of benzene rings is 2. The lowest BCUT2D eigenvalue weighted by molar-refractivity contribution is 0.557. The van der Waals surface area contributed by atoms with E-state index in [2.05, 4.69) is 41.9 Å². The predicted octanol–water partition coefficient (Wildman–Crippen LogP) is 4.39. The summed E-state index contributed by atoms with van der Waals surface area (Å²) in [6.45, 7) is 0. The maximum absolute atomic E-state index is 12.8. The van der Waals surface area contributed by atoms with Crippen LogP contribution < -0.4 is 11.2 Å². The van der Waals surface area contributed by atoms with Gasteiger partial charge < -0.3 is 4.42 Å². The van der Waals surface area contributed by atoms with Gasteiger partial charge in [-0.05, 0) is 46.3 Å². The van der Waals surface area contributed by atoms with Crippen LogP contribution in [0.5, 0.6) is 0 Å². The van der Waals surface area contributed by atoms with E-state index in [1.165, 1.54) is 16.4 Å². The lowest BCUT2D eigenvalue weighted by atomic mass is 10.1. The first-order chi connectivity index (χ1) is 13.5. The number of aromatic nitrogens is 2. The van der Waals surface area contributed by atoms with Crippen molar-refractivity contribution in [1.82, 2.24) is 9.66 Å². The van der Waals surface area contributed by atoms with Gasteiger partial charge in [-0.2, -0.15) is 9.78 Å². The minimum absolute atomic E-state index is 0.263. The molecule has 0 spiro atoms. The standard InChI is InChI=1S/C19H9Br2N3O3S/c20-10-5-9-6-12(18(26)27-16(9)13(21)7-10)15-8-28-19-22-14-4-2-1-3-11(14)17(25)24(19)23-15/h1-7H,8H2. The molecule has 2 aromatic heterocycles. The second-order valence-corrected chi connectivity index (χ2v) is 8.83. The van der Waals surface area contributed by atoms with Gasteiger partial charge in [-0.3, -0.25) is 4.79 Å². The van der Waals surface area contributed by atoms with E-state index in [1.54, 1.807) is 24.3 Å². The Kier molecular flexibility index (Phi) is 4.26. The average molecular weight is 519 g/mol. The zero-order valence-electron chi connectivity index (χ0n) is 14.0. The van der Waals surface area contributed by atoms with E-state index >= 15 is 0 Å². The van der Waals surface area contributed by atoms with Crippen LogP contribution in [0, 0.1) is 0 Å². The number of rotatable bonds is 1. The number of nitrogens with zero attached hydrogens (tertiary/aromatic N) is 3. The Bertz CT molecular complexity index is 1440. The topological polar surface area (TPSA) is 77.5 Å². The molecule has 1 aliphatic heterocycles. The summed E-state index contributed by atoms with van der Waals surface area (Å²) in [6, 6.07) is 12.5. The summed E-state index contributed by atoms with van der Waals surface area (Å²) in [6.07, 6.45) is 0. The van der Waals surface area contributed by atoms with Gasteiger partial charge in [-0.15, -0.1) is 0 Å². The number of thioether (sulfide) groups is 1. The van der Waals surface area contributed by atoms with E-state index in [1.807, 2.05) is 18.2 Å². The third-order valence-electron chi connectivity index (χ3n) is 4.35. The molecule has 0 radical (unpaired) electrons. The molecule has 1 aliphatic rings. The zero-order chi connectivity index (χ0) is 19.4. The summed E-state index contributed by atoms with van der Waals surface area (Å²) < 4.78 is 8.29. The molecule has 28 heavy (non-hydrogen) atoms. The second-order valence-electron chi connectivity index (χ2n) is 6.12. The number of para-hydroxylation sites is 1. The van der Waals surface area contributed by atoms with Crippen LogP contribution in [0.3, 0.4) is 0 Å². The number of hydrogen-bond acceptors (Lipinski definition) is 6. The van der Waals surface area contributed by atoms with Crippen molar-refractivity contribution in [3.05, 3.63) is 77.7 Å². The number of hydrogen-bond donors (Lipinski definition) is 0. The minimum Gasteiger partial charge on any atom is -0.421 e. The van der Waals surface area contributed by atoms with E-state index in [4.69, 9.17) is 4.42 Å². The number of fused-ring (bicyclic) bond motifs is 3. The van der Waals surface area contributed by atoms with Crippen molar-refractivity contribution < 1.29 is 4.42 Å². The molecule has 0 unspecified atom stereocenters. The molecule has 5 rings (SSSR count). The van der Waals surface area contributed by atoms with E-state index in [9.17, 15) is 9.59 Å². The Balaban J connectivity index is 1.74. The molecule has 0 saturated heterocycles. The third kappa shape index (κ3) is 2.85. The largest absolute Gasteiger partial charge is 0.421 e. The van der Waals surface area contributed by atoms with Crippen LogP contribution in [0.1, 0.15) is 5.56 Å². The SMILES string of the molecule is O=c1oc2c(Br)cc(Br)cc2cc1C1=Nn2c(nc3ccccc3c2=O)SC1. The van der Waals surface area contributed by atoms with Crippen molar-refractivity contribution in [2.75, 3.05) is 5.75 Å². The normalized spacial score (nSPS) is 13.6. The molecule has 0 saturated carbocycles. The van der Waals surface area contributed by atoms with Crippen LogP contribution in [0.15, 0.2) is 75.7 Å². The average Bonchev–Trinajstić information content (AvgIpc) is 2.68. The van der Waals surface area contributed by atoms with Crippen LogP contribution in [0.25, 0.3) is 21.9 Å². The lowest BCUT2D eigenvalue weighted by Crippen LogP contribution is -2.28. The molecular formula is C19H9Br2N3O3S. The maximum atomic E-state index is 12.8. The maximum Gasteiger partial charge on any atom is 0.345 e. The highest BCUT2D eigenvalue weighted by Gasteiger charge is 2.21. The summed E-state index contributed by atoms with van der Waals surface area (Å²) in [4.78, 5) is 29.9. The van der Waals surface area contributed by atoms with Gasteiger partial charge in [-0.1, -0.05) is 39.8 Å². The summed E-state index contributed by atoms with van der Waals surface area (Å²) in [7, 11) is 0. The molecule has 0 N–H and O–H groups in total. The molecule has 9 heteroatoms. The van der Waals surface area contributed by atoms with Crippen molar-refractivity contribution >= 4 is 71.2 Å². The van der Waals surface area contributed by atoms with E-state index < -0.39 is 5.63 Å². The molecule has 2 aromatic carbocycles. The predicted molar refractivity (Wildman–Crippen MR) is 117 cm³/mol. The highest BCUT2D eigenvalue weighted by Crippen LogP contribution is 2.29. The molecule has 0 fully saturated rings. The van der Waals surface area contributed by atoms with Crippen LogP contribution in [-0.4, -0.2) is 21.1 Å². The Labute approximate surface area is 178 Å². The van der Waals surface area contributed by atoms with Gasteiger partial charge >= 0.3 is 5.63 Å². The Hall–Kier alpha value is -2.23. The highest BCUT2D eigenvalue weighted by atomic mass is 79.9. The van der Waals surface area contributed by atoms with E-state index in [-0.39, 0.29) is 5.56 Å². The molecule has 0 bridgehead atoms. The first kappa shape index (κ1) is 17.8. The molecule has 0 amide bonds. The highest BCUT2D eigenvalue weighted by molar-refractivity contribution is 9.11. The van der Waals surface area contributed by atoms with Crippen molar-refractivity contribution in [3.8, 4) is 0 Å². The Morgan fingerprint density at radius 3 is 2.79 bits per heavy atom. The van der Waals surface area contributed by atoms with Crippen LogP contribution in [0.4, 0.5) is 0 Å². The van der Waals surface area contributed by atoms with Crippen molar-refractivity contribution in [2.24, 2.45) is 5.10 Å². The molecule has 0 atom stereocenters. The summed E-state index contributed by atoms with van der Waals surface area (Å²) >= 11 is 8.21. The van der Waals surface area contributed by atoms with Crippen molar-refractivity contribution in [1.29, 1.82) is 0 Å². The fourth-order valence-electron chi connectivity index (χ4n) is 3.06. The molecule has 0 aliphatic carbocycles. The minimum atomic E-state index is -0.500. The molecular weight excluding hydrogens is 510 g/mol. The molecule has 4 aromatic rings. The molecule has 138 valence electrons. The van der Waals surface area contributed by atoms with Gasteiger partial charge in [0.25, 0.3) is 5.56 Å². The quantitative estimate of drug-likeness (QED) is 0.276. The Morgan fingerprint density at radius 2 is 1.93 bits per heavy atom. The van der Waals surface area contributed by atoms with Gasteiger partial charge in [0, 0.05) is 15.6 Å². The van der Waals surface area contributed by atoms with Gasteiger partial charge in [-0.25, -0.2) is 9.78 Å². The van der Waals surface area contributed by atoms with E-state index in [0.29, 0.717) is 43.1 Å². The monoisotopic (exact) mass is 517 g/mol. The molecule has 6 nitrogen and oxygen atoms in total. The van der Waals surface area contributed by atoms with Crippen molar-refractivity contribution in [3.63, 3.8) is 0 Å². The van der Waals surface area contributed by atoms with Crippen LogP contribution in [-0.2, 0) is 0 Å². The smallest absolute Gasteiger partial charge is 0.345 e. The lowest BCUT2D eigenvalue weighted by Gasteiger charge is -2.16. The zero-order valence-corrected chi connectivity index (χ0v) is 18.0. The Morgan fingerprint density at radius 1 is 1.11 bits per heavy atom. The van der Waals surface area contributed by atoms with Gasteiger partial charge in [0.1, 0.15) is 0 Å². The van der Waals surface area contributed by atoms with Gasteiger partial charge in [0.05, 0.1) is 26.7 Å². The number of halogens is 2. The van der Waals surface area contributed by atoms with Crippen LogP contribution >= 0.6 is 43.6 Å². The fourth-order valence-corrected chi connectivity index (χ4v) is 5.28. The summed E-state index contributed by atoms with van der Waals surface area (Å²) in [5.74, 6) is 0.413. The summed E-state index contributed by atoms with van der Waals surface area (Å²) in [5.41, 5.74) is 1.14. The fraction of sp³-hybridized carbons (Fsp3) is 0.0526. The summed E-state index contributed by atoms with van der Waals surface area (Å²) in [5, 5.41) is 6.16. The van der Waals surface area contributed by atoms with Gasteiger partial charge in [0.2, 0.25) is 0 Å².